The minimum Gasteiger partial charge on any atom is -0.410 e. The molecule has 1 fully saturated rings. The molecule has 1 heterocycles. The Bertz CT molecular complexity index is 1020. The zero-order chi connectivity index (χ0) is 28.4. The van der Waals surface area contributed by atoms with Gasteiger partial charge in [0.15, 0.2) is 16.6 Å². The highest BCUT2D eigenvalue weighted by atomic mass is 28.4. The highest BCUT2D eigenvalue weighted by Crippen LogP contribution is 2.43. The fourth-order valence-corrected chi connectivity index (χ4v) is 6.79. The normalized spacial score (nSPS) is 20.1. The molecule has 0 bridgehead atoms. The Hall–Kier alpha value is -2.47. The van der Waals surface area contributed by atoms with Gasteiger partial charge in [-0.1, -0.05) is 24.3 Å². The molecule has 0 N–H and O–H groups in total. The summed E-state index contributed by atoms with van der Waals surface area (Å²) in [5.41, 5.74) is 3.94. The van der Waals surface area contributed by atoms with Crippen molar-refractivity contribution in [1.82, 2.24) is 0 Å². The number of hydrogen-bond acceptors (Lipinski definition) is 7. The van der Waals surface area contributed by atoms with Gasteiger partial charge in [-0.15, -0.1) is 0 Å². The van der Waals surface area contributed by atoms with E-state index >= 15 is 0 Å². The quantitative estimate of drug-likeness (QED) is 0.202. The predicted molar refractivity (Wildman–Crippen MR) is 159 cm³/mol. The molecule has 3 rings (SSSR count). The van der Waals surface area contributed by atoms with E-state index in [1.165, 1.54) is 0 Å². The van der Waals surface area contributed by atoms with Crippen LogP contribution in [0.1, 0.15) is 29.8 Å². The SMILES string of the molecule is CN(C)c1ccc(C(O[Si](C)(C)C)C2CC(C(O[Si](C)(C)C)c3ccc(N(C)C)cc3)C(=O)OC2=O)cc1. The summed E-state index contributed by atoms with van der Waals surface area (Å²) in [6.45, 7) is 12.6. The molecule has 0 aromatic heterocycles. The average molecular weight is 557 g/mol. The van der Waals surface area contributed by atoms with Gasteiger partial charge in [0.25, 0.3) is 0 Å². The van der Waals surface area contributed by atoms with Crippen molar-refractivity contribution in [2.75, 3.05) is 38.0 Å². The predicted octanol–water partition coefficient (Wildman–Crippen LogP) is 6.01. The van der Waals surface area contributed by atoms with E-state index in [1.54, 1.807) is 0 Å². The number of benzene rings is 2. The molecule has 0 saturated carbocycles. The third-order valence-corrected chi connectivity index (χ3v) is 8.40. The van der Waals surface area contributed by atoms with Crippen LogP contribution in [0.15, 0.2) is 48.5 Å². The van der Waals surface area contributed by atoms with Crippen molar-refractivity contribution in [3.63, 3.8) is 0 Å². The minimum absolute atomic E-state index is 0.298. The Morgan fingerprint density at radius 3 is 1.24 bits per heavy atom. The largest absolute Gasteiger partial charge is 0.410 e. The first kappa shape index (κ1) is 30.1. The Morgan fingerprint density at radius 2 is 0.974 bits per heavy atom. The summed E-state index contributed by atoms with van der Waals surface area (Å²) in [7, 11) is 3.82. The first-order chi connectivity index (χ1) is 17.6. The molecule has 4 unspecified atom stereocenters. The van der Waals surface area contributed by atoms with E-state index in [9.17, 15) is 9.59 Å². The third-order valence-electron chi connectivity index (χ3n) is 6.48. The molecular weight excluding hydrogens is 513 g/mol. The molecule has 38 heavy (non-hydrogen) atoms. The molecular formula is C29H44N2O5Si2. The van der Waals surface area contributed by atoms with Gasteiger partial charge in [-0.3, -0.25) is 9.59 Å². The standard InChI is InChI=1S/C29H44N2O5Si2/c1-30(2)22-15-11-20(12-16-22)26(35-37(5,6)7)24-19-25(29(33)34-28(24)32)27(36-38(8,9)10)21-13-17-23(18-14-21)31(3)4/h11-18,24-27H,19H2,1-10H3. The number of hydrogen-bond donors (Lipinski definition) is 0. The number of rotatable bonds is 10. The summed E-state index contributed by atoms with van der Waals surface area (Å²) in [6, 6.07) is 16.1. The fraction of sp³-hybridized carbons (Fsp3) is 0.517. The zero-order valence-electron chi connectivity index (χ0n) is 24.6. The maximum atomic E-state index is 13.2. The lowest BCUT2D eigenvalue weighted by Crippen LogP contribution is -2.44. The molecule has 7 nitrogen and oxygen atoms in total. The summed E-state index contributed by atoms with van der Waals surface area (Å²) < 4.78 is 18.7. The number of esters is 2. The maximum absolute atomic E-state index is 13.2. The Labute approximate surface area is 230 Å². The van der Waals surface area contributed by atoms with Crippen LogP contribution < -0.4 is 9.80 Å². The van der Waals surface area contributed by atoms with E-state index in [-0.39, 0.29) is 0 Å². The number of anilines is 2. The average Bonchev–Trinajstić information content (AvgIpc) is 2.80. The summed E-state index contributed by atoms with van der Waals surface area (Å²) in [5, 5.41) is 0. The highest BCUT2D eigenvalue weighted by Gasteiger charge is 2.47. The van der Waals surface area contributed by atoms with Gasteiger partial charge in [-0.05, 0) is 81.1 Å². The minimum atomic E-state index is -2.07. The molecule has 0 aliphatic carbocycles. The Kier molecular flexibility index (Phi) is 9.29. The van der Waals surface area contributed by atoms with Crippen molar-refractivity contribution in [3.8, 4) is 0 Å². The van der Waals surface area contributed by atoms with Gasteiger partial charge >= 0.3 is 11.9 Å². The van der Waals surface area contributed by atoms with Gasteiger partial charge in [0.05, 0.1) is 24.0 Å². The molecule has 9 heteroatoms. The molecule has 2 aromatic carbocycles. The van der Waals surface area contributed by atoms with Crippen LogP contribution in [-0.4, -0.2) is 56.8 Å². The van der Waals surface area contributed by atoms with E-state index in [0.717, 1.165) is 22.5 Å². The molecule has 0 radical (unpaired) electrons. The fourth-order valence-electron chi connectivity index (χ4n) is 4.66. The lowest BCUT2D eigenvalue weighted by molar-refractivity contribution is -0.178. The molecule has 1 aliphatic rings. The molecule has 1 aliphatic heterocycles. The van der Waals surface area contributed by atoms with Crippen LogP contribution in [-0.2, 0) is 23.2 Å². The van der Waals surface area contributed by atoms with Gasteiger partial charge in [0.1, 0.15) is 0 Å². The summed E-state index contributed by atoms with van der Waals surface area (Å²) >= 11 is 0. The van der Waals surface area contributed by atoms with Crippen molar-refractivity contribution in [3.05, 3.63) is 59.7 Å². The van der Waals surface area contributed by atoms with Crippen LogP contribution in [0.4, 0.5) is 11.4 Å². The van der Waals surface area contributed by atoms with E-state index < -0.39 is 52.6 Å². The monoisotopic (exact) mass is 556 g/mol. The van der Waals surface area contributed by atoms with Crippen molar-refractivity contribution >= 4 is 39.9 Å². The summed E-state index contributed by atoms with van der Waals surface area (Å²) in [5.74, 6) is -2.30. The van der Waals surface area contributed by atoms with Crippen LogP contribution in [0.5, 0.6) is 0 Å². The zero-order valence-corrected chi connectivity index (χ0v) is 26.6. The third kappa shape index (κ3) is 7.78. The van der Waals surface area contributed by atoms with E-state index in [0.29, 0.717) is 6.42 Å². The van der Waals surface area contributed by atoms with E-state index in [4.69, 9.17) is 13.6 Å². The number of ether oxygens (including phenoxy) is 1. The second kappa shape index (κ2) is 11.7. The lowest BCUT2D eigenvalue weighted by Gasteiger charge is -2.39. The van der Waals surface area contributed by atoms with Gasteiger partial charge in [0.2, 0.25) is 0 Å². The Balaban J connectivity index is 2.01. The Morgan fingerprint density at radius 1 is 0.658 bits per heavy atom. The second-order valence-corrected chi connectivity index (χ2v) is 21.4. The van der Waals surface area contributed by atoms with Crippen LogP contribution in [0.3, 0.4) is 0 Å². The van der Waals surface area contributed by atoms with Crippen molar-refractivity contribution in [2.45, 2.75) is 57.9 Å². The molecule has 0 amide bonds. The smallest absolute Gasteiger partial charge is 0.319 e. The van der Waals surface area contributed by atoms with E-state index in [2.05, 4.69) is 39.3 Å². The number of carbonyl (C=O) groups is 2. The summed E-state index contributed by atoms with van der Waals surface area (Å²) in [6.07, 6.45) is -0.721. The van der Waals surface area contributed by atoms with Crippen LogP contribution in [0.25, 0.3) is 0 Å². The molecule has 208 valence electrons. The van der Waals surface area contributed by atoms with Gasteiger partial charge in [-0.2, -0.15) is 0 Å². The lowest BCUT2D eigenvalue weighted by atomic mass is 9.81. The number of cyclic esters (lactones) is 2. The molecule has 2 aromatic rings. The van der Waals surface area contributed by atoms with Crippen molar-refractivity contribution in [2.24, 2.45) is 11.8 Å². The van der Waals surface area contributed by atoms with Gasteiger partial charge in [0, 0.05) is 39.6 Å². The van der Waals surface area contributed by atoms with Crippen LogP contribution >= 0.6 is 0 Å². The van der Waals surface area contributed by atoms with Gasteiger partial charge < -0.3 is 23.4 Å². The molecule has 4 atom stereocenters. The van der Waals surface area contributed by atoms with E-state index in [1.807, 2.05) is 86.5 Å². The first-order valence-corrected chi connectivity index (χ1v) is 20.0. The summed E-state index contributed by atoms with van der Waals surface area (Å²) in [4.78, 5) is 30.5. The number of carbonyl (C=O) groups excluding carboxylic acids is 2. The van der Waals surface area contributed by atoms with Crippen molar-refractivity contribution < 1.29 is 23.2 Å². The second-order valence-electron chi connectivity index (χ2n) is 12.5. The number of nitrogens with zero attached hydrogens (tertiary/aromatic N) is 2. The molecule has 1 saturated heterocycles. The van der Waals surface area contributed by atoms with Crippen LogP contribution in [0.2, 0.25) is 39.3 Å². The topological polar surface area (TPSA) is 68.3 Å². The van der Waals surface area contributed by atoms with Gasteiger partial charge in [-0.25, -0.2) is 0 Å². The maximum Gasteiger partial charge on any atom is 0.319 e. The molecule has 0 spiro atoms. The first-order valence-electron chi connectivity index (χ1n) is 13.2. The van der Waals surface area contributed by atoms with Crippen LogP contribution in [0, 0.1) is 11.8 Å². The van der Waals surface area contributed by atoms with Crippen molar-refractivity contribution in [1.29, 1.82) is 0 Å². The highest BCUT2D eigenvalue weighted by molar-refractivity contribution is 6.70.